The first-order chi connectivity index (χ1) is 8.99. The average molecular weight is 266 g/mol. The van der Waals surface area contributed by atoms with Crippen LogP contribution in [0.2, 0.25) is 0 Å². The van der Waals surface area contributed by atoms with Crippen LogP contribution in [0.5, 0.6) is 5.75 Å². The predicted octanol–water partition coefficient (Wildman–Crippen LogP) is 1.27. The summed E-state index contributed by atoms with van der Waals surface area (Å²) in [7, 11) is 0. The Bertz CT molecular complexity index is 363. The summed E-state index contributed by atoms with van der Waals surface area (Å²) in [6, 6.07) is 8.17. The standard InChI is InChI=1S/C15H26N2O2/c1-4-19-14-7-5-12(6-8-14)15(2,3)11-17-10-13(18)9-16/h5-8,13,17-18H,4,9-11,16H2,1-3H3. The third kappa shape index (κ3) is 5.19. The molecule has 0 spiro atoms. The van der Waals surface area contributed by atoms with Crippen LogP contribution < -0.4 is 15.8 Å². The molecule has 1 aromatic rings. The van der Waals surface area contributed by atoms with Gasteiger partial charge in [0.15, 0.2) is 0 Å². The number of aliphatic hydroxyl groups excluding tert-OH is 1. The molecular formula is C15H26N2O2. The van der Waals surface area contributed by atoms with E-state index in [-0.39, 0.29) is 12.0 Å². The smallest absolute Gasteiger partial charge is 0.119 e. The van der Waals surface area contributed by atoms with Gasteiger partial charge >= 0.3 is 0 Å². The summed E-state index contributed by atoms with van der Waals surface area (Å²) in [6.07, 6.45) is -0.476. The van der Waals surface area contributed by atoms with Crippen molar-refractivity contribution < 1.29 is 9.84 Å². The second kappa shape index (κ2) is 7.48. The third-order valence-electron chi connectivity index (χ3n) is 3.17. The second-order valence-electron chi connectivity index (χ2n) is 5.36. The van der Waals surface area contributed by atoms with Gasteiger partial charge in [-0.05, 0) is 24.6 Å². The number of benzene rings is 1. The molecule has 108 valence electrons. The monoisotopic (exact) mass is 266 g/mol. The largest absolute Gasteiger partial charge is 0.494 e. The van der Waals surface area contributed by atoms with Crippen molar-refractivity contribution >= 4 is 0 Å². The van der Waals surface area contributed by atoms with Crippen molar-refractivity contribution in [1.82, 2.24) is 5.32 Å². The Morgan fingerprint density at radius 3 is 2.47 bits per heavy atom. The molecule has 0 aliphatic carbocycles. The van der Waals surface area contributed by atoms with Crippen molar-refractivity contribution in [3.8, 4) is 5.75 Å². The van der Waals surface area contributed by atoms with Crippen LogP contribution >= 0.6 is 0 Å². The molecule has 0 heterocycles. The highest BCUT2D eigenvalue weighted by atomic mass is 16.5. The summed E-state index contributed by atoms with van der Waals surface area (Å²) >= 11 is 0. The summed E-state index contributed by atoms with van der Waals surface area (Å²) in [5, 5.41) is 12.7. The topological polar surface area (TPSA) is 67.5 Å². The van der Waals surface area contributed by atoms with Crippen LogP contribution in [0.15, 0.2) is 24.3 Å². The zero-order valence-electron chi connectivity index (χ0n) is 12.1. The van der Waals surface area contributed by atoms with E-state index in [0.717, 1.165) is 12.3 Å². The highest BCUT2D eigenvalue weighted by Crippen LogP contribution is 2.24. The predicted molar refractivity (Wildman–Crippen MR) is 78.6 cm³/mol. The Kier molecular flexibility index (Phi) is 6.28. The van der Waals surface area contributed by atoms with Gasteiger partial charge in [-0.2, -0.15) is 0 Å². The Labute approximate surface area is 116 Å². The van der Waals surface area contributed by atoms with Crippen LogP contribution in [-0.4, -0.2) is 37.5 Å². The fourth-order valence-electron chi connectivity index (χ4n) is 1.91. The first-order valence-corrected chi connectivity index (χ1v) is 6.81. The van der Waals surface area contributed by atoms with Crippen LogP contribution in [0.4, 0.5) is 0 Å². The minimum Gasteiger partial charge on any atom is -0.494 e. The first-order valence-electron chi connectivity index (χ1n) is 6.81. The molecular weight excluding hydrogens is 240 g/mol. The number of hydrogen-bond acceptors (Lipinski definition) is 4. The fraction of sp³-hybridized carbons (Fsp3) is 0.600. The van der Waals surface area contributed by atoms with Gasteiger partial charge in [0.25, 0.3) is 0 Å². The molecule has 1 unspecified atom stereocenters. The highest BCUT2D eigenvalue weighted by Gasteiger charge is 2.20. The van der Waals surface area contributed by atoms with Crippen molar-refractivity contribution in [2.45, 2.75) is 32.3 Å². The van der Waals surface area contributed by atoms with Gasteiger partial charge < -0.3 is 20.9 Å². The number of hydrogen-bond donors (Lipinski definition) is 3. The normalized spacial score (nSPS) is 13.3. The number of nitrogens with one attached hydrogen (secondary N) is 1. The Hall–Kier alpha value is -1.10. The first kappa shape index (κ1) is 16.0. The number of ether oxygens (including phenoxy) is 1. The molecule has 0 aliphatic heterocycles. The molecule has 0 aromatic heterocycles. The quantitative estimate of drug-likeness (QED) is 0.663. The van der Waals surface area contributed by atoms with E-state index >= 15 is 0 Å². The Morgan fingerprint density at radius 1 is 1.32 bits per heavy atom. The van der Waals surface area contributed by atoms with Crippen LogP contribution in [-0.2, 0) is 5.41 Å². The van der Waals surface area contributed by atoms with E-state index in [1.54, 1.807) is 0 Å². The number of rotatable bonds is 8. The Morgan fingerprint density at radius 2 is 1.95 bits per heavy atom. The van der Waals surface area contributed by atoms with Gasteiger partial charge in [-0.3, -0.25) is 0 Å². The lowest BCUT2D eigenvalue weighted by Crippen LogP contribution is -2.39. The summed E-state index contributed by atoms with van der Waals surface area (Å²) in [4.78, 5) is 0. The summed E-state index contributed by atoms with van der Waals surface area (Å²) in [6.45, 7) is 8.60. The molecule has 0 aliphatic rings. The van der Waals surface area contributed by atoms with Crippen molar-refractivity contribution in [1.29, 1.82) is 0 Å². The molecule has 0 saturated heterocycles. The molecule has 1 atom stereocenters. The van der Waals surface area contributed by atoms with E-state index < -0.39 is 6.10 Å². The lowest BCUT2D eigenvalue weighted by molar-refractivity contribution is 0.177. The van der Waals surface area contributed by atoms with E-state index in [4.69, 9.17) is 10.5 Å². The zero-order chi connectivity index (χ0) is 14.3. The summed E-state index contributed by atoms with van der Waals surface area (Å²) in [5.41, 5.74) is 6.61. The minimum absolute atomic E-state index is 0.000929. The highest BCUT2D eigenvalue weighted by molar-refractivity contribution is 5.31. The van der Waals surface area contributed by atoms with E-state index in [0.29, 0.717) is 13.2 Å². The van der Waals surface area contributed by atoms with Crippen molar-refractivity contribution in [2.75, 3.05) is 26.2 Å². The summed E-state index contributed by atoms with van der Waals surface area (Å²) < 4.78 is 5.44. The second-order valence-corrected chi connectivity index (χ2v) is 5.36. The molecule has 19 heavy (non-hydrogen) atoms. The maximum Gasteiger partial charge on any atom is 0.119 e. The van der Waals surface area contributed by atoms with Crippen molar-refractivity contribution in [2.24, 2.45) is 5.73 Å². The van der Waals surface area contributed by atoms with E-state index in [2.05, 4.69) is 31.3 Å². The van der Waals surface area contributed by atoms with Gasteiger partial charge in [0.05, 0.1) is 12.7 Å². The molecule has 0 radical (unpaired) electrons. The van der Waals surface area contributed by atoms with Crippen LogP contribution in [0.25, 0.3) is 0 Å². The Balaban J connectivity index is 2.55. The molecule has 4 heteroatoms. The van der Waals surface area contributed by atoms with Crippen LogP contribution in [0, 0.1) is 0 Å². The van der Waals surface area contributed by atoms with E-state index in [1.807, 2.05) is 19.1 Å². The van der Waals surface area contributed by atoms with Crippen LogP contribution in [0.3, 0.4) is 0 Å². The van der Waals surface area contributed by atoms with Crippen molar-refractivity contribution in [3.63, 3.8) is 0 Å². The van der Waals surface area contributed by atoms with Gasteiger partial charge in [0.1, 0.15) is 5.75 Å². The van der Waals surface area contributed by atoms with Crippen molar-refractivity contribution in [3.05, 3.63) is 29.8 Å². The molecule has 0 fully saturated rings. The lowest BCUT2D eigenvalue weighted by Gasteiger charge is -2.26. The van der Waals surface area contributed by atoms with Gasteiger partial charge in [-0.15, -0.1) is 0 Å². The maximum absolute atomic E-state index is 9.42. The maximum atomic E-state index is 9.42. The van der Waals surface area contributed by atoms with E-state index in [9.17, 15) is 5.11 Å². The SMILES string of the molecule is CCOc1ccc(C(C)(C)CNCC(O)CN)cc1. The van der Waals surface area contributed by atoms with Gasteiger partial charge in [0, 0.05) is 25.0 Å². The summed E-state index contributed by atoms with van der Waals surface area (Å²) in [5.74, 6) is 0.897. The lowest BCUT2D eigenvalue weighted by atomic mass is 9.84. The minimum atomic E-state index is -0.476. The van der Waals surface area contributed by atoms with Gasteiger partial charge in [-0.1, -0.05) is 26.0 Å². The molecule has 1 rings (SSSR count). The molecule has 1 aromatic carbocycles. The average Bonchev–Trinajstić information content (AvgIpc) is 2.39. The molecule has 4 nitrogen and oxygen atoms in total. The van der Waals surface area contributed by atoms with Gasteiger partial charge in [-0.25, -0.2) is 0 Å². The third-order valence-corrected chi connectivity index (χ3v) is 3.17. The molecule has 0 bridgehead atoms. The molecule has 0 amide bonds. The number of nitrogens with two attached hydrogens (primary N) is 1. The van der Waals surface area contributed by atoms with Crippen LogP contribution in [0.1, 0.15) is 26.3 Å². The molecule has 0 saturated carbocycles. The zero-order valence-corrected chi connectivity index (χ0v) is 12.1. The number of aliphatic hydroxyl groups is 1. The van der Waals surface area contributed by atoms with E-state index in [1.165, 1.54) is 5.56 Å². The van der Waals surface area contributed by atoms with Gasteiger partial charge in [0.2, 0.25) is 0 Å². The fourth-order valence-corrected chi connectivity index (χ4v) is 1.91. The molecule has 4 N–H and O–H groups in total.